The van der Waals surface area contributed by atoms with Crippen molar-refractivity contribution < 1.29 is 18.7 Å². The van der Waals surface area contributed by atoms with Gasteiger partial charge in [0.2, 0.25) is 5.88 Å². The first-order valence-electron chi connectivity index (χ1n) is 8.66. The maximum atomic E-state index is 13.5. The Labute approximate surface area is 150 Å². The van der Waals surface area contributed by atoms with Gasteiger partial charge in [-0.05, 0) is 44.0 Å². The number of aryl methyl sites for hydroxylation is 1. The molecule has 1 N–H and O–H groups in total. The highest BCUT2D eigenvalue weighted by Crippen LogP contribution is 2.27. The lowest BCUT2D eigenvalue weighted by molar-refractivity contribution is 0.300. The zero-order valence-corrected chi connectivity index (χ0v) is 14.6. The first-order chi connectivity index (χ1) is 12.6. The maximum Gasteiger partial charge on any atom is 0.230 e. The zero-order chi connectivity index (χ0) is 18.5. The maximum absolute atomic E-state index is 13.5. The number of nitrogens with zero attached hydrogens (tertiary/aromatic N) is 3. The molecule has 0 bridgehead atoms. The Balaban J connectivity index is 1.94. The molecule has 0 atom stereocenters. The molecule has 3 rings (SSSR count). The van der Waals surface area contributed by atoms with E-state index in [1.165, 1.54) is 6.07 Å². The van der Waals surface area contributed by atoms with E-state index in [0.29, 0.717) is 17.1 Å². The van der Waals surface area contributed by atoms with Crippen LogP contribution in [0.25, 0.3) is 0 Å². The standard InChI is InChI=1S/C19H21F2N3O2/c1-13-6-8-15(18(23-25)24-10-4-2-3-5-11-24)19(22-13)26-14-7-9-16(20)17(21)12-14/h6-9,12,25H,2-5,10-11H2,1H3/b23-18-. The summed E-state index contributed by atoms with van der Waals surface area (Å²) in [4.78, 5) is 6.35. The van der Waals surface area contributed by atoms with Crippen molar-refractivity contribution in [1.29, 1.82) is 0 Å². The number of rotatable bonds is 3. The molecule has 0 unspecified atom stereocenters. The second-order valence-corrected chi connectivity index (χ2v) is 6.31. The first-order valence-corrected chi connectivity index (χ1v) is 8.66. The summed E-state index contributed by atoms with van der Waals surface area (Å²) in [6, 6.07) is 6.84. The third-order valence-electron chi connectivity index (χ3n) is 4.35. The molecule has 1 fully saturated rings. The smallest absolute Gasteiger partial charge is 0.230 e. The van der Waals surface area contributed by atoms with E-state index in [1.807, 2.05) is 4.90 Å². The van der Waals surface area contributed by atoms with Crippen molar-refractivity contribution in [2.75, 3.05) is 13.1 Å². The van der Waals surface area contributed by atoms with Crippen molar-refractivity contribution in [3.05, 3.63) is 53.2 Å². The van der Waals surface area contributed by atoms with Crippen LogP contribution in [0.2, 0.25) is 0 Å². The van der Waals surface area contributed by atoms with Gasteiger partial charge in [-0.2, -0.15) is 0 Å². The monoisotopic (exact) mass is 361 g/mol. The van der Waals surface area contributed by atoms with Crippen LogP contribution < -0.4 is 4.74 Å². The normalized spacial score (nSPS) is 15.7. The van der Waals surface area contributed by atoms with Gasteiger partial charge in [0.25, 0.3) is 0 Å². The topological polar surface area (TPSA) is 58.0 Å². The average Bonchev–Trinajstić information content (AvgIpc) is 2.90. The summed E-state index contributed by atoms with van der Waals surface area (Å²) in [5, 5.41) is 13.1. The van der Waals surface area contributed by atoms with Gasteiger partial charge in [0.05, 0.1) is 5.56 Å². The summed E-state index contributed by atoms with van der Waals surface area (Å²) in [5.41, 5.74) is 1.20. The fourth-order valence-electron chi connectivity index (χ4n) is 3.00. The van der Waals surface area contributed by atoms with Crippen LogP contribution >= 0.6 is 0 Å². The Kier molecular flexibility index (Phi) is 5.65. The number of likely N-dealkylation sites (tertiary alicyclic amines) is 1. The molecule has 1 aromatic heterocycles. The molecule has 26 heavy (non-hydrogen) atoms. The Hall–Kier alpha value is -2.70. The summed E-state index contributed by atoms with van der Waals surface area (Å²) in [6.45, 7) is 3.35. The summed E-state index contributed by atoms with van der Waals surface area (Å²) in [5.74, 6) is -1.27. The highest BCUT2D eigenvalue weighted by Gasteiger charge is 2.21. The molecule has 1 aliphatic heterocycles. The van der Waals surface area contributed by atoms with E-state index in [0.717, 1.165) is 50.9 Å². The lowest BCUT2D eigenvalue weighted by Crippen LogP contribution is -2.33. The molecule has 5 nitrogen and oxygen atoms in total. The Morgan fingerprint density at radius 1 is 1.08 bits per heavy atom. The van der Waals surface area contributed by atoms with Gasteiger partial charge in [0.1, 0.15) is 5.75 Å². The van der Waals surface area contributed by atoms with E-state index in [-0.39, 0.29) is 11.6 Å². The van der Waals surface area contributed by atoms with Gasteiger partial charge in [0.15, 0.2) is 17.5 Å². The van der Waals surface area contributed by atoms with Crippen molar-refractivity contribution >= 4 is 5.84 Å². The van der Waals surface area contributed by atoms with E-state index in [1.54, 1.807) is 19.1 Å². The van der Waals surface area contributed by atoms with E-state index in [9.17, 15) is 14.0 Å². The molecule has 7 heteroatoms. The van der Waals surface area contributed by atoms with Gasteiger partial charge in [0, 0.05) is 24.8 Å². The van der Waals surface area contributed by atoms with Crippen LogP contribution in [0.15, 0.2) is 35.5 Å². The molecule has 1 aliphatic rings. The number of pyridine rings is 1. The second kappa shape index (κ2) is 8.12. The molecule has 0 saturated carbocycles. The fraction of sp³-hybridized carbons (Fsp3) is 0.368. The van der Waals surface area contributed by atoms with Crippen LogP contribution in [0.1, 0.15) is 36.9 Å². The third kappa shape index (κ3) is 4.09. The molecular weight excluding hydrogens is 340 g/mol. The summed E-state index contributed by atoms with van der Waals surface area (Å²) >= 11 is 0. The van der Waals surface area contributed by atoms with Crippen molar-refractivity contribution in [1.82, 2.24) is 9.88 Å². The summed E-state index contributed by atoms with van der Waals surface area (Å²) in [6.07, 6.45) is 4.30. The number of benzene rings is 1. The van der Waals surface area contributed by atoms with Gasteiger partial charge >= 0.3 is 0 Å². The summed E-state index contributed by atoms with van der Waals surface area (Å²) < 4.78 is 32.3. The van der Waals surface area contributed by atoms with E-state index in [2.05, 4.69) is 10.1 Å². The van der Waals surface area contributed by atoms with Crippen molar-refractivity contribution in [3.8, 4) is 11.6 Å². The first kappa shape index (κ1) is 18.1. The van der Waals surface area contributed by atoms with Crippen LogP contribution in [0, 0.1) is 18.6 Å². The molecule has 1 saturated heterocycles. The summed E-state index contributed by atoms with van der Waals surface area (Å²) in [7, 11) is 0. The Morgan fingerprint density at radius 2 is 1.81 bits per heavy atom. The van der Waals surface area contributed by atoms with E-state index >= 15 is 0 Å². The number of ether oxygens (including phenoxy) is 1. The van der Waals surface area contributed by atoms with E-state index in [4.69, 9.17) is 4.74 Å². The fourth-order valence-corrected chi connectivity index (χ4v) is 3.00. The van der Waals surface area contributed by atoms with Gasteiger partial charge in [-0.1, -0.05) is 18.0 Å². The molecule has 0 amide bonds. The van der Waals surface area contributed by atoms with Gasteiger partial charge < -0.3 is 14.8 Å². The number of aromatic nitrogens is 1. The number of hydrogen-bond acceptors (Lipinski definition) is 4. The molecule has 0 radical (unpaired) electrons. The van der Waals surface area contributed by atoms with Crippen LogP contribution in [0.3, 0.4) is 0 Å². The van der Waals surface area contributed by atoms with Crippen LogP contribution in [-0.2, 0) is 0 Å². The lowest BCUT2D eigenvalue weighted by Gasteiger charge is -2.24. The number of amidine groups is 1. The average molecular weight is 361 g/mol. The highest BCUT2D eigenvalue weighted by molar-refractivity contribution is 6.00. The Morgan fingerprint density at radius 3 is 2.46 bits per heavy atom. The minimum Gasteiger partial charge on any atom is -0.438 e. The highest BCUT2D eigenvalue weighted by atomic mass is 19.2. The predicted octanol–water partition coefficient (Wildman–Crippen LogP) is 4.47. The molecule has 1 aromatic carbocycles. The zero-order valence-electron chi connectivity index (χ0n) is 14.6. The Bertz CT molecular complexity index is 803. The molecular formula is C19H21F2N3O2. The third-order valence-corrected chi connectivity index (χ3v) is 4.35. The predicted molar refractivity (Wildman–Crippen MR) is 93.8 cm³/mol. The number of halogens is 2. The molecule has 0 spiro atoms. The molecule has 2 aromatic rings. The number of oxime groups is 1. The van der Waals surface area contributed by atoms with Crippen LogP contribution in [0.5, 0.6) is 11.6 Å². The van der Waals surface area contributed by atoms with Crippen molar-refractivity contribution in [3.63, 3.8) is 0 Å². The van der Waals surface area contributed by atoms with Crippen molar-refractivity contribution in [2.45, 2.75) is 32.6 Å². The largest absolute Gasteiger partial charge is 0.438 e. The van der Waals surface area contributed by atoms with Crippen molar-refractivity contribution in [2.24, 2.45) is 5.16 Å². The lowest BCUT2D eigenvalue weighted by atomic mass is 10.2. The minimum atomic E-state index is -1.000. The minimum absolute atomic E-state index is 0.122. The van der Waals surface area contributed by atoms with Gasteiger partial charge in [-0.25, -0.2) is 13.8 Å². The quantitative estimate of drug-likeness (QED) is 0.379. The molecule has 138 valence electrons. The molecule has 2 heterocycles. The number of hydrogen-bond donors (Lipinski definition) is 1. The van der Waals surface area contributed by atoms with Crippen LogP contribution in [-0.4, -0.2) is 34.0 Å². The van der Waals surface area contributed by atoms with E-state index < -0.39 is 11.6 Å². The second-order valence-electron chi connectivity index (χ2n) is 6.31. The molecule has 0 aliphatic carbocycles. The SMILES string of the molecule is Cc1ccc(/C(=N/O)N2CCCCCC2)c(Oc2ccc(F)c(F)c2)n1. The van der Waals surface area contributed by atoms with Gasteiger partial charge in [-0.15, -0.1) is 0 Å². The van der Waals surface area contributed by atoms with Crippen LogP contribution in [0.4, 0.5) is 8.78 Å². The van der Waals surface area contributed by atoms with Gasteiger partial charge in [-0.3, -0.25) is 0 Å².